The van der Waals surface area contributed by atoms with E-state index in [0.29, 0.717) is 5.56 Å². The summed E-state index contributed by atoms with van der Waals surface area (Å²) in [6, 6.07) is 4.17. The number of hydrogen-bond donors (Lipinski definition) is 2. The Morgan fingerprint density at radius 2 is 2.12 bits per heavy atom. The lowest BCUT2D eigenvalue weighted by Crippen LogP contribution is -2.34. The summed E-state index contributed by atoms with van der Waals surface area (Å²) in [6.45, 7) is 3.86. The molecule has 0 amide bonds. The summed E-state index contributed by atoms with van der Waals surface area (Å²) in [5.41, 5.74) is 0.661. The van der Waals surface area contributed by atoms with E-state index < -0.39 is 6.04 Å². The van der Waals surface area contributed by atoms with E-state index in [1.54, 1.807) is 12.1 Å². The van der Waals surface area contributed by atoms with Crippen LogP contribution in [-0.4, -0.2) is 24.2 Å². The van der Waals surface area contributed by atoms with E-state index >= 15 is 0 Å². The Morgan fingerprint density at radius 3 is 2.59 bits per heavy atom. The molecule has 0 fully saturated rings. The van der Waals surface area contributed by atoms with Crippen LogP contribution in [0, 0.1) is 0 Å². The summed E-state index contributed by atoms with van der Waals surface area (Å²) in [7, 11) is 1.33. The highest BCUT2D eigenvalue weighted by Gasteiger charge is 2.22. The summed E-state index contributed by atoms with van der Waals surface area (Å²) in [4.78, 5) is 11.7. The smallest absolute Gasteiger partial charge is 0.327 e. The van der Waals surface area contributed by atoms with Crippen LogP contribution in [-0.2, 0) is 9.53 Å². The van der Waals surface area contributed by atoms with Crippen LogP contribution in [0.1, 0.15) is 25.5 Å². The topological polar surface area (TPSA) is 58.6 Å². The Labute approximate surface area is 106 Å². The van der Waals surface area contributed by atoms with Gasteiger partial charge in [0.25, 0.3) is 0 Å². The normalized spacial score (nSPS) is 12.5. The van der Waals surface area contributed by atoms with Crippen LogP contribution in [0.15, 0.2) is 18.2 Å². The zero-order valence-corrected chi connectivity index (χ0v) is 10.8. The summed E-state index contributed by atoms with van der Waals surface area (Å²) >= 11 is 5.81. The summed E-state index contributed by atoms with van der Waals surface area (Å²) in [5.74, 6) is -0.399. The van der Waals surface area contributed by atoms with Crippen LogP contribution in [0.3, 0.4) is 0 Å². The van der Waals surface area contributed by atoms with E-state index in [0.717, 1.165) is 0 Å². The van der Waals surface area contributed by atoms with Gasteiger partial charge in [-0.3, -0.25) is 5.32 Å². The molecule has 0 heterocycles. The molecular formula is C12H16ClNO3. The van der Waals surface area contributed by atoms with Crippen molar-refractivity contribution in [2.75, 3.05) is 7.11 Å². The third kappa shape index (κ3) is 3.61. The second-order valence-corrected chi connectivity index (χ2v) is 4.40. The number of phenols is 1. The Balaban J connectivity index is 3.03. The van der Waals surface area contributed by atoms with Gasteiger partial charge in [0, 0.05) is 6.04 Å². The third-order valence-corrected chi connectivity index (χ3v) is 2.54. The molecule has 94 valence electrons. The van der Waals surface area contributed by atoms with Crippen molar-refractivity contribution in [3.05, 3.63) is 28.8 Å². The van der Waals surface area contributed by atoms with E-state index in [1.165, 1.54) is 13.2 Å². The molecule has 0 aromatic heterocycles. The number of ether oxygens (including phenoxy) is 1. The van der Waals surface area contributed by atoms with Gasteiger partial charge in [0.1, 0.15) is 11.8 Å². The zero-order valence-electron chi connectivity index (χ0n) is 10.0. The number of phenolic OH excluding ortho intramolecular Hbond substituents is 1. The summed E-state index contributed by atoms with van der Waals surface area (Å²) in [6.07, 6.45) is 0. The quantitative estimate of drug-likeness (QED) is 0.813. The Hall–Kier alpha value is -1.26. The standard InChI is InChI=1S/C12H16ClNO3/c1-7(2)14-11(12(16)17-3)8-4-5-10(15)9(13)6-8/h4-7,11,14-15H,1-3H3. The molecule has 0 saturated carbocycles. The number of halogens is 1. The molecule has 0 spiro atoms. The van der Waals surface area contributed by atoms with Gasteiger partial charge in [-0.2, -0.15) is 0 Å². The third-order valence-electron chi connectivity index (χ3n) is 2.24. The number of carbonyl (C=O) groups is 1. The lowest BCUT2D eigenvalue weighted by molar-refractivity contribution is -0.143. The fraction of sp³-hybridized carbons (Fsp3) is 0.417. The van der Waals surface area contributed by atoms with Crippen LogP contribution < -0.4 is 5.32 Å². The second-order valence-electron chi connectivity index (χ2n) is 3.99. The average molecular weight is 258 g/mol. The van der Waals surface area contributed by atoms with Gasteiger partial charge in [-0.25, -0.2) is 4.79 Å². The summed E-state index contributed by atoms with van der Waals surface area (Å²) in [5, 5.41) is 12.6. The highest BCUT2D eigenvalue weighted by atomic mass is 35.5. The fourth-order valence-corrected chi connectivity index (χ4v) is 1.64. The van der Waals surface area contributed by atoms with Gasteiger partial charge in [0.05, 0.1) is 12.1 Å². The molecule has 4 nitrogen and oxygen atoms in total. The maximum absolute atomic E-state index is 11.7. The van der Waals surface area contributed by atoms with Crippen LogP contribution >= 0.6 is 11.6 Å². The van der Waals surface area contributed by atoms with Crippen LogP contribution in [0.25, 0.3) is 0 Å². The van der Waals surface area contributed by atoms with E-state index in [2.05, 4.69) is 5.32 Å². The first-order chi connectivity index (χ1) is 7.95. The molecule has 0 aliphatic carbocycles. The number of methoxy groups -OCH3 is 1. The van der Waals surface area contributed by atoms with Gasteiger partial charge in [-0.05, 0) is 31.5 Å². The van der Waals surface area contributed by atoms with Crippen LogP contribution in [0.5, 0.6) is 5.75 Å². The number of esters is 1. The highest BCUT2D eigenvalue weighted by Crippen LogP contribution is 2.27. The predicted octanol–water partition coefficient (Wildman–Crippen LogP) is 2.26. The number of benzene rings is 1. The molecule has 0 radical (unpaired) electrons. The van der Waals surface area contributed by atoms with Gasteiger partial charge in [0.2, 0.25) is 0 Å². The monoisotopic (exact) mass is 257 g/mol. The predicted molar refractivity (Wildman–Crippen MR) is 66.1 cm³/mol. The van der Waals surface area contributed by atoms with Crippen LogP contribution in [0.2, 0.25) is 5.02 Å². The van der Waals surface area contributed by atoms with Crippen molar-refractivity contribution in [3.8, 4) is 5.75 Å². The average Bonchev–Trinajstić information content (AvgIpc) is 2.28. The first kappa shape index (κ1) is 13.8. The van der Waals surface area contributed by atoms with Gasteiger partial charge >= 0.3 is 5.97 Å². The van der Waals surface area contributed by atoms with E-state index in [1.807, 2.05) is 13.8 Å². The molecule has 0 bridgehead atoms. The van der Waals surface area contributed by atoms with Crippen molar-refractivity contribution in [2.24, 2.45) is 0 Å². The van der Waals surface area contributed by atoms with Crippen molar-refractivity contribution in [1.29, 1.82) is 0 Å². The van der Waals surface area contributed by atoms with Crippen molar-refractivity contribution in [1.82, 2.24) is 5.32 Å². The molecule has 1 aromatic carbocycles. The van der Waals surface area contributed by atoms with Gasteiger partial charge in [0.15, 0.2) is 0 Å². The number of hydrogen-bond acceptors (Lipinski definition) is 4. The molecule has 1 aromatic rings. The van der Waals surface area contributed by atoms with E-state index in [9.17, 15) is 9.90 Å². The molecule has 1 unspecified atom stereocenters. The van der Waals surface area contributed by atoms with E-state index in [-0.39, 0.29) is 22.8 Å². The van der Waals surface area contributed by atoms with Gasteiger partial charge in [-0.1, -0.05) is 17.7 Å². The molecule has 0 aliphatic heterocycles. The lowest BCUT2D eigenvalue weighted by atomic mass is 10.1. The molecule has 17 heavy (non-hydrogen) atoms. The number of carbonyl (C=O) groups excluding carboxylic acids is 1. The zero-order chi connectivity index (χ0) is 13.0. The molecule has 2 N–H and O–H groups in total. The molecule has 0 saturated heterocycles. The Bertz CT molecular complexity index is 407. The van der Waals surface area contributed by atoms with Gasteiger partial charge < -0.3 is 9.84 Å². The number of nitrogens with one attached hydrogen (secondary N) is 1. The number of aromatic hydroxyl groups is 1. The molecule has 5 heteroatoms. The molecule has 0 aliphatic rings. The largest absolute Gasteiger partial charge is 0.506 e. The van der Waals surface area contributed by atoms with E-state index in [4.69, 9.17) is 16.3 Å². The maximum atomic E-state index is 11.7. The van der Waals surface area contributed by atoms with Gasteiger partial charge in [-0.15, -0.1) is 0 Å². The first-order valence-electron chi connectivity index (χ1n) is 5.28. The first-order valence-corrected chi connectivity index (χ1v) is 5.65. The summed E-state index contributed by atoms with van der Waals surface area (Å²) < 4.78 is 4.73. The minimum atomic E-state index is -0.585. The maximum Gasteiger partial charge on any atom is 0.327 e. The van der Waals surface area contributed by atoms with Crippen molar-refractivity contribution >= 4 is 17.6 Å². The fourth-order valence-electron chi connectivity index (χ4n) is 1.45. The molecule has 1 atom stereocenters. The van der Waals surface area contributed by atoms with Crippen molar-refractivity contribution in [2.45, 2.75) is 25.9 Å². The second kappa shape index (κ2) is 5.89. The minimum Gasteiger partial charge on any atom is -0.506 e. The Kier molecular flexibility index (Phi) is 4.78. The van der Waals surface area contributed by atoms with Crippen molar-refractivity contribution < 1.29 is 14.6 Å². The minimum absolute atomic E-state index is 0.0106. The lowest BCUT2D eigenvalue weighted by Gasteiger charge is -2.19. The Morgan fingerprint density at radius 1 is 1.47 bits per heavy atom. The SMILES string of the molecule is COC(=O)C(NC(C)C)c1ccc(O)c(Cl)c1. The highest BCUT2D eigenvalue weighted by molar-refractivity contribution is 6.32. The van der Waals surface area contributed by atoms with Crippen molar-refractivity contribution in [3.63, 3.8) is 0 Å². The number of rotatable bonds is 4. The molecule has 1 rings (SSSR count). The van der Waals surface area contributed by atoms with Crippen LogP contribution in [0.4, 0.5) is 0 Å². The molecular weight excluding hydrogens is 242 g/mol.